The average molecular weight is 493 g/mol. The smallest absolute Gasteiger partial charge is 0.326 e. The molecule has 0 rings (SSSR count). The van der Waals surface area contributed by atoms with Crippen molar-refractivity contribution < 1.29 is 34.2 Å². The normalized spacial score (nSPS) is 14.4. The standard InChI is InChI=1S/C19H36N6O7S/c20-7-3-1-5-11(22)16(28)25-14(10-33)18(30)24-13(9-15(26)27)17(29)23-12(19(31)32)6-2-4-8-21/h11-14,33H,1-10,20-22H2,(H,23,29)(H,24,30)(H,25,28)(H,26,27)(H,31,32). The number of carboxylic acids is 2. The Kier molecular flexibility index (Phi) is 15.9. The van der Waals surface area contributed by atoms with E-state index in [4.69, 9.17) is 22.3 Å². The van der Waals surface area contributed by atoms with Gasteiger partial charge in [0.25, 0.3) is 0 Å². The molecular weight excluding hydrogens is 456 g/mol. The van der Waals surface area contributed by atoms with Gasteiger partial charge in [-0.3, -0.25) is 19.2 Å². The number of carboxylic acid groups (broad SMARTS) is 2. The van der Waals surface area contributed by atoms with E-state index in [1.165, 1.54) is 0 Å². The fourth-order valence-corrected chi connectivity index (χ4v) is 3.05. The zero-order chi connectivity index (χ0) is 25.4. The quantitative estimate of drug-likeness (QED) is 0.0720. The van der Waals surface area contributed by atoms with Gasteiger partial charge in [-0.1, -0.05) is 6.42 Å². The number of hydrogen-bond donors (Lipinski definition) is 9. The number of thiol groups is 1. The van der Waals surface area contributed by atoms with Crippen molar-refractivity contribution in [2.24, 2.45) is 17.2 Å². The van der Waals surface area contributed by atoms with Gasteiger partial charge in [0.1, 0.15) is 18.1 Å². The average Bonchev–Trinajstić information content (AvgIpc) is 2.75. The summed E-state index contributed by atoms with van der Waals surface area (Å²) < 4.78 is 0. The largest absolute Gasteiger partial charge is 0.481 e. The predicted octanol–water partition coefficient (Wildman–Crippen LogP) is -2.48. The van der Waals surface area contributed by atoms with Crippen molar-refractivity contribution in [3.05, 3.63) is 0 Å². The van der Waals surface area contributed by atoms with Crippen molar-refractivity contribution in [3.63, 3.8) is 0 Å². The number of hydrogen-bond acceptors (Lipinski definition) is 9. The van der Waals surface area contributed by atoms with Crippen LogP contribution in [-0.2, 0) is 24.0 Å². The number of carbonyl (C=O) groups excluding carboxylic acids is 3. The van der Waals surface area contributed by atoms with Crippen molar-refractivity contribution in [2.75, 3.05) is 18.8 Å². The maximum Gasteiger partial charge on any atom is 0.326 e. The van der Waals surface area contributed by atoms with Gasteiger partial charge in [0, 0.05) is 5.75 Å². The Morgan fingerprint density at radius 3 is 1.70 bits per heavy atom. The molecule has 14 heteroatoms. The highest BCUT2D eigenvalue weighted by molar-refractivity contribution is 7.80. The molecule has 0 aromatic rings. The SMILES string of the molecule is NCCCCC(N)C(=O)NC(CS)C(=O)NC(CC(=O)O)C(=O)NC(CCCCN)C(=O)O. The van der Waals surface area contributed by atoms with E-state index in [0.717, 1.165) is 0 Å². The molecule has 13 nitrogen and oxygen atoms in total. The molecule has 190 valence electrons. The number of amides is 3. The van der Waals surface area contributed by atoms with Crippen molar-refractivity contribution in [1.82, 2.24) is 16.0 Å². The minimum absolute atomic E-state index is 0.0867. The van der Waals surface area contributed by atoms with Gasteiger partial charge in [-0.15, -0.1) is 0 Å². The summed E-state index contributed by atoms with van der Waals surface area (Å²) in [5.74, 6) is -5.28. The van der Waals surface area contributed by atoms with Crippen LogP contribution in [0.15, 0.2) is 0 Å². The molecular formula is C19H36N6O7S. The van der Waals surface area contributed by atoms with E-state index in [1.807, 2.05) is 0 Å². The van der Waals surface area contributed by atoms with Crippen LogP contribution >= 0.6 is 12.6 Å². The van der Waals surface area contributed by atoms with Gasteiger partial charge in [0.15, 0.2) is 0 Å². The second-order valence-corrected chi connectivity index (χ2v) is 7.84. The summed E-state index contributed by atoms with van der Waals surface area (Å²) in [6.07, 6.45) is 1.94. The van der Waals surface area contributed by atoms with E-state index in [2.05, 4.69) is 28.6 Å². The topological polar surface area (TPSA) is 240 Å². The van der Waals surface area contributed by atoms with Crippen molar-refractivity contribution in [2.45, 2.75) is 69.1 Å². The van der Waals surface area contributed by atoms with Crippen LogP contribution in [0.3, 0.4) is 0 Å². The van der Waals surface area contributed by atoms with Gasteiger partial charge in [-0.05, 0) is 45.2 Å². The number of aliphatic carboxylic acids is 2. The van der Waals surface area contributed by atoms with E-state index in [1.54, 1.807) is 0 Å². The Hall–Kier alpha value is -2.42. The van der Waals surface area contributed by atoms with E-state index in [0.29, 0.717) is 45.2 Å². The number of rotatable bonds is 18. The van der Waals surface area contributed by atoms with E-state index in [9.17, 15) is 29.1 Å². The summed E-state index contributed by atoms with van der Waals surface area (Å²) in [5, 5.41) is 25.3. The molecule has 0 bridgehead atoms. The Morgan fingerprint density at radius 1 is 0.727 bits per heavy atom. The molecule has 0 saturated carbocycles. The summed E-state index contributed by atoms with van der Waals surface area (Å²) in [4.78, 5) is 59.9. The second kappa shape index (κ2) is 17.1. The molecule has 0 aliphatic carbocycles. The third-order valence-electron chi connectivity index (χ3n) is 4.69. The highest BCUT2D eigenvalue weighted by Gasteiger charge is 2.31. The Morgan fingerprint density at radius 2 is 1.21 bits per heavy atom. The number of unbranched alkanes of at least 4 members (excludes halogenated alkanes) is 2. The molecule has 0 aromatic heterocycles. The molecule has 0 fully saturated rings. The number of carbonyl (C=O) groups is 5. The first-order chi connectivity index (χ1) is 15.6. The lowest BCUT2D eigenvalue weighted by Gasteiger charge is -2.24. The van der Waals surface area contributed by atoms with Crippen LogP contribution in [0.1, 0.15) is 44.9 Å². The van der Waals surface area contributed by atoms with Gasteiger partial charge in [-0.25, -0.2) is 4.79 Å². The molecule has 4 unspecified atom stereocenters. The van der Waals surface area contributed by atoms with Crippen molar-refractivity contribution in [3.8, 4) is 0 Å². The van der Waals surface area contributed by atoms with E-state index in [-0.39, 0.29) is 12.2 Å². The van der Waals surface area contributed by atoms with Gasteiger partial charge in [-0.2, -0.15) is 12.6 Å². The highest BCUT2D eigenvalue weighted by Crippen LogP contribution is 2.04. The first-order valence-electron chi connectivity index (χ1n) is 10.7. The lowest BCUT2D eigenvalue weighted by Crippen LogP contribution is -2.58. The van der Waals surface area contributed by atoms with Crippen LogP contribution in [0.4, 0.5) is 0 Å². The van der Waals surface area contributed by atoms with Crippen LogP contribution < -0.4 is 33.2 Å². The molecule has 4 atom stereocenters. The van der Waals surface area contributed by atoms with Crippen molar-refractivity contribution in [1.29, 1.82) is 0 Å². The van der Waals surface area contributed by atoms with Gasteiger partial charge in [0.2, 0.25) is 17.7 Å². The summed E-state index contributed by atoms with van der Waals surface area (Å²) in [6.45, 7) is 0.810. The predicted molar refractivity (Wildman–Crippen MR) is 123 cm³/mol. The number of nitrogens with two attached hydrogens (primary N) is 3. The molecule has 0 aliphatic rings. The minimum atomic E-state index is -1.57. The molecule has 0 spiro atoms. The molecule has 33 heavy (non-hydrogen) atoms. The number of nitrogens with one attached hydrogen (secondary N) is 3. The van der Waals surface area contributed by atoms with Crippen LogP contribution in [0.5, 0.6) is 0 Å². The fourth-order valence-electron chi connectivity index (χ4n) is 2.79. The van der Waals surface area contributed by atoms with Crippen LogP contribution in [-0.4, -0.2) is 82.9 Å². The molecule has 3 amide bonds. The monoisotopic (exact) mass is 492 g/mol. The first kappa shape index (κ1) is 30.6. The Labute approximate surface area is 198 Å². The molecule has 0 radical (unpaired) electrons. The Bertz CT molecular complexity index is 667. The van der Waals surface area contributed by atoms with Crippen LogP contribution in [0.2, 0.25) is 0 Å². The Balaban J connectivity index is 5.15. The van der Waals surface area contributed by atoms with Crippen LogP contribution in [0.25, 0.3) is 0 Å². The lowest BCUT2D eigenvalue weighted by atomic mass is 10.1. The molecule has 0 aliphatic heterocycles. The molecule has 11 N–H and O–H groups in total. The third-order valence-corrected chi connectivity index (χ3v) is 5.06. The van der Waals surface area contributed by atoms with Crippen molar-refractivity contribution >= 4 is 42.3 Å². The maximum absolute atomic E-state index is 12.6. The summed E-state index contributed by atoms with van der Waals surface area (Å²) in [5.41, 5.74) is 16.6. The molecule has 0 heterocycles. The summed E-state index contributed by atoms with van der Waals surface area (Å²) >= 11 is 4.02. The lowest BCUT2D eigenvalue weighted by molar-refractivity contribution is -0.143. The van der Waals surface area contributed by atoms with Crippen LogP contribution in [0, 0.1) is 0 Å². The summed E-state index contributed by atoms with van der Waals surface area (Å²) in [6, 6.07) is -4.91. The fraction of sp³-hybridized carbons (Fsp3) is 0.737. The molecule has 0 saturated heterocycles. The first-order valence-corrected chi connectivity index (χ1v) is 11.3. The third kappa shape index (κ3) is 13.0. The maximum atomic E-state index is 12.6. The van der Waals surface area contributed by atoms with Gasteiger partial charge in [0.05, 0.1) is 12.5 Å². The molecule has 0 aromatic carbocycles. The van der Waals surface area contributed by atoms with E-state index >= 15 is 0 Å². The highest BCUT2D eigenvalue weighted by atomic mass is 32.1. The van der Waals surface area contributed by atoms with E-state index < -0.39 is 60.2 Å². The zero-order valence-corrected chi connectivity index (χ0v) is 19.4. The minimum Gasteiger partial charge on any atom is -0.481 e. The van der Waals surface area contributed by atoms with Gasteiger partial charge < -0.3 is 43.4 Å². The van der Waals surface area contributed by atoms with Gasteiger partial charge >= 0.3 is 11.9 Å². The summed E-state index contributed by atoms with van der Waals surface area (Å²) in [7, 11) is 0. The zero-order valence-electron chi connectivity index (χ0n) is 18.5. The second-order valence-electron chi connectivity index (χ2n) is 7.48.